The van der Waals surface area contributed by atoms with Gasteiger partial charge in [-0.05, 0) is 37.6 Å². The summed E-state index contributed by atoms with van der Waals surface area (Å²) < 4.78 is 0. The van der Waals surface area contributed by atoms with Crippen molar-refractivity contribution in [2.45, 2.75) is 13.8 Å². The van der Waals surface area contributed by atoms with Crippen molar-refractivity contribution in [3.05, 3.63) is 50.1 Å². The van der Waals surface area contributed by atoms with Crippen LogP contribution in [-0.4, -0.2) is 24.5 Å². The lowest BCUT2D eigenvalue weighted by Crippen LogP contribution is -2.32. The molecule has 0 spiro atoms. The first-order valence-corrected chi connectivity index (χ1v) is 8.42. The topological polar surface area (TPSA) is 69.0 Å². The fourth-order valence-electron chi connectivity index (χ4n) is 2.21. The van der Waals surface area contributed by atoms with Crippen molar-refractivity contribution in [2.24, 2.45) is 0 Å². The van der Waals surface area contributed by atoms with Crippen molar-refractivity contribution >= 4 is 52.2 Å². The molecule has 130 valence electrons. The van der Waals surface area contributed by atoms with Crippen molar-refractivity contribution in [3.63, 3.8) is 0 Å². The van der Waals surface area contributed by atoms with Crippen LogP contribution in [0.2, 0.25) is 15.1 Å². The van der Waals surface area contributed by atoms with Crippen LogP contribution >= 0.6 is 34.8 Å². The molecule has 8 heteroatoms. The molecule has 2 rings (SSSR count). The molecule has 5 nitrogen and oxygen atoms in total. The number of rotatable bonds is 4. The summed E-state index contributed by atoms with van der Waals surface area (Å²) in [6, 6.07) is 6.99. The number of pyridine rings is 1. The number of hydrogen-bond acceptors (Lipinski definition) is 4. The lowest BCUT2D eigenvalue weighted by molar-refractivity contribution is -0.116. The molecule has 0 bridgehead atoms. The van der Waals surface area contributed by atoms with Crippen molar-refractivity contribution in [2.75, 3.05) is 23.8 Å². The van der Waals surface area contributed by atoms with Gasteiger partial charge in [-0.25, -0.2) is 4.98 Å². The molecule has 0 atom stereocenters. The highest BCUT2D eigenvalue weighted by Crippen LogP contribution is 2.28. The number of amides is 1. The third-order valence-electron chi connectivity index (χ3n) is 3.72. The standard InChI is InChI=1S/C17H15Cl3N4O/c1-9-12(7-21)17(23-10(2)16(9)20)22-8-15(25)24(3)11-4-5-13(18)14(19)6-11/h4-6H,8H2,1-3H3,(H,22,23). The van der Waals surface area contributed by atoms with E-state index in [1.807, 2.05) is 0 Å². The van der Waals surface area contributed by atoms with Gasteiger partial charge in [0, 0.05) is 12.7 Å². The van der Waals surface area contributed by atoms with Crippen LogP contribution < -0.4 is 10.2 Å². The Morgan fingerprint density at radius 2 is 1.96 bits per heavy atom. The Kier molecular flexibility index (Phi) is 6.12. The van der Waals surface area contributed by atoms with E-state index in [0.29, 0.717) is 43.4 Å². The summed E-state index contributed by atoms with van der Waals surface area (Å²) >= 11 is 18.0. The number of halogens is 3. The van der Waals surface area contributed by atoms with E-state index in [1.165, 1.54) is 4.90 Å². The number of nitrogens with zero attached hydrogens (tertiary/aromatic N) is 3. The number of aromatic nitrogens is 1. The third kappa shape index (κ3) is 4.16. The lowest BCUT2D eigenvalue weighted by atomic mass is 10.1. The summed E-state index contributed by atoms with van der Waals surface area (Å²) in [4.78, 5) is 18.1. The molecule has 25 heavy (non-hydrogen) atoms. The Bertz CT molecular complexity index is 877. The van der Waals surface area contributed by atoms with Gasteiger partial charge in [-0.1, -0.05) is 34.8 Å². The summed E-state index contributed by atoms with van der Waals surface area (Å²) in [5, 5.41) is 13.4. The average molecular weight is 398 g/mol. The van der Waals surface area contributed by atoms with Gasteiger partial charge in [-0.2, -0.15) is 5.26 Å². The lowest BCUT2D eigenvalue weighted by Gasteiger charge is -2.19. The van der Waals surface area contributed by atoms with E-state index >= 15 is 0 Å². The maximum absolute atomic E-state index is 12.4. The Balaban J connectivity index is 2.17. The van der Waals surface area contributed by atoms with Gasteiger partial charge in [0.1, 0.15) is 11.9 Å². The summed E-state index contributed by atoms with van der Waals surface area (Å²) in [7, 11) is 1.63. The molecule has 0 aliphatic rings. The van der Waals surface area contributed by atoms with Gasteiger partial charge >= 0.3 is 0 Å². The fraction of sp³-hybridized carbons (Fsp3) is 0.235. The summed E-state index contributed by atoms with van der Waals surface area (Å²) in [5.74, 6) is 0.104. The molecule has 1 aromatic heterocycles. The van der Waals surface area contributed by atoms with Crippen molar-refractivity contribution in [1.82, 2.24) is 4.98 Å². The summed E-state index contributed by atoms with van der Waals surface area (Å²) in [5.41, 5.74) is 2.15. The van der Waals surface area contributed by atoms with Gasteiger partial charge < -0.3 is 10.2 Å². The second kappa shape index (κ2) is 7.92. The van der Waals surface area contributed by atoms with Crippen molar-refractivity contribution in [1.29, 1.82) is 5.26 Å². The minimum atomic E-state index is -0.227. The molecule has 0 fully saturated rings. The fourth-order valence-corrected chi connectivity index (χ4v) is 2.64. The largest absolute Gasteiger partial charge is 0.360 e. The van der Waals surface area contributed by atoms with Crippen LogP contribution in [0.3, 0.4) is 0 Å². The molecule has 0 radical (unpaired) electrons. The minimum absolute atomic E-state index is 0.0427. The average Bonchev–Trinajstić information content (AvgIpc) is 2.59. The number of carbonyl (C=O) groups is 1. The first-order chi connectivity index (χ1) is 11.8. The summed E-state index contributed by atoms with van der Waals surface area (Å²) in [6.07, 6.45) is 0. The van der Waals surface area contributed by atoms with E-state index in [-0.39, 0.29) is 12.5 Å². The first kappa shape index (κ1) is 19.3. The Morgan fingerprint density at radius 3 is 2.56 bits per heavy atom. The van der Waals surface area contributed by atoms with Gasteiger partial charge in [0.25, 0.3) is 0 Å². The maximum atomic E-state index is 12.4. The van der Waals surface area contributed by atoms with Crippen molar-refractivity contribution in [3.8, 4) is 6.07 Å². The second-order valence-electron chi connectivity index (χ2n) is 5.38. The van der Waals surface area contributed by atoms with Gasteiger partial charge in [-0.15, -0.1) is 0 Å². The SMILES string of the molecule is Cc1nc(NCC(=O)N(C)c2ccc(Cl)c(Cl)c2)c(C#N)c(C)c1Cl. The second-order valence-corrected chi connectivity index (χ2v) is 6.57. The van der Waals surface area contributed by atoms with Crippen LogP contribution in [0.5, 0.6) is 0 Å². The van der Waals surface area contributed by atoms with Crippen molar-refractivity contribution < 1.29 is 4.79 Å². The van der Waals surface area contributed by atoms with Crippen LogP contribution in [0.1, 0.15) is 16.8 Å². The highest BCUT2D eigenvalue weighted by Gasteiger charge is 2.16. The van der Waals surface area contributed by atoms with Gasteiger partial charge in [0.15, 0.2) is 0 Å². The molecule has 0 saturated heterocycles. The molecule has 0 saturated carbocycles. The zero-order valence-electron chi connectivity index (χ0n) is 13.8. The molecule has 1 N–H and O–H groups in total. The highest BCUT2D eigenvalue weighted by molar-refractivity contribution is 6.42. The third-order valence-corrected chi connectivity index (χ3v) is 5.02. The molecule has 1 aromatic carbocycles. The number of hydrogen-bond donors (Lipinski definition) is 1. The van der Waals surface area contributed by atoms with E-state index in [0.717, 1.165) is 0 Å². The number of benzene rings is 1. The number of anilines is 2. The smallest absolute Gasteiger partial charge is 0.246 e. The zero-order valence-corrected chi connectivity index (χ0v) is 16.1. The van der Waals surface area contributed by atoms with Gasteiger partial charge in [0.05, 0.1) is 32.9 Å². The van der Waals surface area contributed by atoms with E-state index < -0.39 is 0 Å². The van der Waals surface area contributed by atoms with Gasteiger partial charge in [-0.3, -0.25) is 4.79 Å². The number of likely N-dealkylation sites (N-methyl/N-ethyl adjacent to an activating group) is 1. The van der Waals surface area contributed by atoms with Crippen LogP contribution in [0, 0.1) is 25.2 Å². The number of aryl methyl sites for hydroxylation is 1. The number of nitrogens with one attached hydrogen (secondary N) is 1. The summed E-state index contributed by atoms with van der Waals surface area (Å²) in [6.45, 7) is 3.44. The monoisotopic (exact) mass is 396 g/mol. The quantitative estimate of drug-likeness (QED) is 0.818. The normalized spacial score (nSPS) is 10.3. The van der Waals surface area contributed by atoms with E-state index in [4.69, 9.17) is 34.8 Å². The van der Waals surface area contributed by atoms with Crippen LogP contribution in [0.15, 0.2) is 18.2 Å². The maximum Gasteiger partial charge on any atom is 0.246 e. The van der Waals surface area contributed by atoms with Gasteiger partial charge in [0.2, 0.25) is 5.91 Å². The van der Waals surface area contributed by atoms with E-state index in [1.54, 1.807) is 39.1 Å². The molecule has 0 aliphatic carbocycles. The van der Waals surface area contributed by atoms with E-state index in [9.17, 15) is 10.1 Å². The highest BCUT2D eigenvalue weighted by atomic mass is 35.5. The molecule has 1 heterocycles. The predicted octanol–water partition coefficient (Wildman–Crippen LogP) is 4.61. The number of nitriles is 1. The molecular weight excluding hydrogens is 383 g/mol. The van der Waals surface area contributed by atoms with Crippen LogP contribution in [0.25, 0.3) is 0 Å². The van der Waals surface area contributed by atoms with Crippen LogP contribution in [-0.2, 0) is 4.79 Å². The van der Waals surface area contributed by atoms with Crippen LogP contribution in [0.4, 0.5) is 11.5 Å². The molecule has 0 unspecified atom stereocenters. The molecular formula is C17H15Cl3N4O. The predicted molar refractivity (Wildman–Crippen MR) is 102 cm³/mol. The van der Waals surface area contributed by atoms with E-state index in [2.05, 4.69) is 16.4 Å². The number of carbonyl (C=O) groups excluding carboxylic acids is 1. The zero-order chi connectivity index (χ0) is 18.7. The Morgan fingerprint density at radius 1 is 1.28 bits per heavy atom. The molecule has 1 amide bonds. The Labute approximate surface area is 161 Å². The minimum Gasteiger partial charge on any atom is -0.360 e. The molecule has 0 aliphatic heterocycles. The Hall–Kier alpha value is -2.00. The molecule has 2 aromatic rings. The first-order valence-electron chi connectivity index (χ1n) is 7.28.